The van der Waals surface area contributed by atoms with E-state index >= 15 is 0 Å². The number of rotatable bonds is 2. The highest BCUT2D eigenvalue weighted by atomic mass is 16.5. The molecule has 1 aromatic carbocycles. The minimum atomic E-state index is 0.147. The number of hydrogen-bond acceptors (Lipinski definition) is 3. The van der Waals surface area contributed by atoms with Gasteiger partial charge in [-0.05, 0) is 43.1 Å². The van der Waals surface area contributed by atoms with E-state index in [4.69, 9.17) is 10.5 Å². The second-order valence-electron chi connectivity index (χ2n) is 4.88. The molecule has 2 atom stereocenters. The van der Waals surface area contributed by atoms with E-state index < -0.39 is 0 Å². The number of pyridine rings is 1. The second-order valence-corrected chi connectivity index (χ2v) is 4.88. The highest BCUT2D eigenvalue weighted by Gasteiger charge is 2.26. The maximum absolute atomic E-state index is 5.92. The molecule has 3 nitrogen and oxygen atoms in total. The molecule has 0 amide bonds. The summed E-state index contributed by atoms with van der Waals surface area (Å²) >= 11 is 0. The molecule has 2 aromatic rings. The summed E-state index contributed by atoms with van der Waals surface area (Å²) in [4.78, 5) is 4.34. The first-order valence-corrected chi connectivity index (χ1v) is 6.55. The maximum atomic E-state index is 5.92. The Hall–Kier alpha value is -1.45. The Labute approximate surface area is 107 Å². The van der Waals surface area contributed by atoms with Crippen LogP contribution in [0.5, 0.6) is 0 Å². The normalized spacial score (nSPS) is 24.3. The number of nitrogens with two attached hydrogens (primary N) is 1. The average molecular weight is 242 g/mol. The minimum Gasteiger partial charge on any atom is -0.373 e. The Balaban J connectivity index is 1.97. The van der Waals surface area contributed by atoms with Crippen LogP contribution < -0.4 is 5.73 Å². The molecule has 1 saturated heterocycles. The van der Waals surface area contributed by atoms with Gasteiger partial charge in [0.2, 0.25) is 0 Å². The molecule has 2 heterocycles. The monoisotopic (exact) mass is 242 g/mol. The predicted molar refractivity (Wildman–Crippen MR) is 72.2 cm³/mol. The zero-order chi connectivity index (χ0) is 12.4. The van der Waals surface area contributed by atoms with Crippen LogP contribution in [0.15, 0.2) is 36.5 Å². The average Bonchev–Trinajstić information content (AvgIpc) is 2.46. The predicted octanol–water partition coefficient (Wildman–Crippen LogP) is 2.66. The Morgan fingerprint density at radius 3 is 3.17 bits per heavy atom. The van der Waals surface area contributed by atoms with Crippen LogP contribution in [0.3, 0.4) is 0 Å². The van der Waals surface area contributed by atoms with Crippen LogP contribution in [0.4, 0.5) is 0 Å². The van der Waals surface area contributed by atoms with Gasteiger partial charge in [-0.25, -0.2) is 0 Å². The van der Waals surface area contributed by atoms with Gasteiger partial charge in [0, 0.05) is 24.1 Å². The summed E-state index contributed by atoms with van der Waals surface area (Å²) in [5, 5.41) is 1.17. The molecular formula is C15H18N2O. The summed E-state index contributed by atoms with van der Waals surface area (Å²) in [6, 6.07) is 10.4. The van der Waals surface area contributed by atoms with Crippen LogP contribution in [0.2, 0.25) is 0 Å². The molecule has 2 unspecified atom stereocenters. The number of ether oxygens (including phenoxy) is 1. The first-order chi connectivity index (χ1) is 8.88. The van der Waals surface area contributed by atoms with Crippen LogP contribution in [-0.4, -0.2) is 18.1 Å². The lowest BCUT2D eigenvalue weighted by atomic mass is 9.89. The summed E-state index contributed by atoms with van der Waals surface area (Å²) in [6.45, 7) is 1.53. The zero-order valence-corrected chi connectivity index (χ0v) is 10.4. The van der Waals surface area contributed by atoms with Gasteiger partial charge in [-0.1, -0.05) is 12.1 Å². The van der Waals surface area contributed by atoms with Crippen molar-refractivity contribution >= 4 is 10.9 Å². The topological polar surface area (TPSA) is 48.1 Å². The zero-order valence-electron chi connectivity index (χ0n) is 10.4. The van der Waals surface area contributed by atoms with Gasteiger partial charge in [-0.3, -0.25) is 4.98 Å². The fourth-order valence-corrected chi connectivity index (χ4v) is 2.72. The second kappa shape index (κ2) is 5.04. The molecule has 0 saturated carbocycles. The molecule has 0 radical (unpaired) electrons. The van der Waals surface area contributed by atoms with Gasteiger partial charge in [0.25, 0.3) is 0 Å². The summed E-state index contributed by atoms with van der Waals surface area (Å²) < 4.78 is 5.92. The van der Waals surface area contributed by atoms with Gasteiger partial charge in [0.1, 0.15) is 0 Å². The highest BCUT2D eigenvalue weighted by molar-refractivity contribution is 5.79. The Morgan fingerprint density at radius 2 is 2.28 bits per heavy atom. The van der Waals surface area contributed by atoms with Crippen molar-refractivity contribution in [2.75, 3.05) is 13.2 Å². The van der Waals surface area contributed by atoms with E-state index in [2.05, 4.69) is 29.2 Å². The maximum Gasteiger partial charge on any atom is 0.0865 e. The molecule has 2 N–H and O–H groups in total. The van der Waals surface area contributed by atoms with Crippen molar-refractivity contribution in [2.24, 2.45) is 11.7 Å². The van der Waals surface area contributed by atoms with E-state index in [1.165, 1.54) is 10.9 Å². The molecule has 0 bridgehead atoms. The fourth-order valence-electron chi connectivity index (χ4n) is 2.72. The van der Waals surface area contributed by atoms with Crippen molar-refractivity contribution < 1.29 is 4.74 Å². The lowest BCUT2D eigenvalue weighted by Crippen LogP contribution is -2.28. The molecule has 3 rings (SSSR count). The largest absolute Gasteiger partial charge is 0.373 e. The van der Waals surface area contributed by atoms with Crippen LogP contribution in [0, 0.1) is 5.92 Å². The van der Waals surface area contributed by atoms with Gasteiger partial charge in [0.15, 0.2) is 0 Å². The van der Waals surface area contributed by atoms with E-state index in [-0.39, 0.29) is 6.10 Å². The van der Waals surface area contributed by atoms with Gasteiger partial charge in [-0.15, -0.1) is 0 Å². The summed E-state index contributed by atoms with van der Waals surface area (Å²) in [5.41, 5.74) is 8.11. The smallest absolute Gasteiger partial charge is 0.0865 e. The molecule has 1 aromatic heterocycles. The lowest BCUT2D eigenvalue weighted by molar-refractivity contribution is -0.0250. The van der Waals surface area contributed by atoms with Crippen molar-refractivity contribution in [1.82, 2.24) is 4.98 Å². The molecule has 3 heteroatoms. The van der Waals surface area contributed by atoms with Crippen molar-refractivity contribution in [3.63, 3.8) is 0 Å². The molecule has 18 heavy (non-hydrogen) atoms. The summed E-state index contributed by atoms with van der Waals surface area (Å²) in [7, 11) is 0. The fraction of sp³-hybridized carbons (Fsp3) is 0.400. The molecule has 1 aliphatic rings. The summed E-state index contributed by atoms with van der Waals surface area (Å²) in [6.07, 6.45) is 4.25. The molecule has 1 aliphatic heterocycles. The van der Waals surface area contributed by atoms with Crippen LogP contribution in [0.1, 0.15) is 24.5 Å². The molecule has 1 fully saturated rings. The lowest BCUT2D eigenvalue weighted by Gasteiger charge is -2.31. The van der Waals surface area contributed by atoms with Crippen molar-refractivity contribution in [1.29, 1.82) is 0 Å². The quantitative estimate of drug-likeness (QED) is 0.880. The standard InChI is InChI=1S/C15H18N2O/c16-10-13-4-2-8-18-15(13)12-5-6-14-11(9-12)3-1-7-17-14/h1,3,5-7,9,13,15H,2,4,8,10,16H2. The summed E-state index contributed by atoms with van der Waals surface area (Å²) in [5.74, 6) is 0.438. The Kier molecular flexibility index (Phi) is 3.26. The van der Waals surface area contributed by atoms with Gasteiger partial charge in [0.05, 0.1) is 11.6 Å². The number of aromatic nitrogens is 1. The number of nitrogens with zero attached hydrogens (tertiary/aromatic N) is 1. The minimum absolute atomic E-state index is 0.147. The van der Waals surface area contributed by atoms with Crippen molar-refractivity contribution in [2.45, 2.75) is 18.9 Å². The third-order valence-corrected chi connectivity index (χ3v) is 3.70. The number of hydrogen-bond donors (Lipinski definition) is 1. The third kappa shape index (κ3) is 2.11. The van der Waals surface area contributed by atoms with Gasteiger partial charge < -0.3 is 10.5 Å². The first-order valence-electron chi connectivity index (χ1n) is 6.55. The van der Waals surface area contributed by atoms with Crippen LogP contribution >= 0.6 is 0 Å². The van der Waals surface area contributed by atoms with E-state index in [1.54, 1.807) is 0 Å². The SMILES string of the molecule is NCC1CCCOC1c1ccc2ncccc2c1. The highest BCUT2D eigenvalue weighted by Crippen LogP contribution is 2.33. The molecular weight excluding hydrogens is 224 g/mol. The molecule has 0 spiro atoms. The van der Waals surface area contributed by atoms with Crippen LogP contribution in [-0.2, 0) is 4.74 Å². The van der Waals surface area contributed by atoms with Crippen molar-refractivity contribution in [3.05, 3.63) is 42.1 Å². The molecule has 94 valence electrons. The number of benzene rings is 1. The van der Waals surface area contributed by atoms with Gasteiger partial charge >= 0.3 is 0 Å². The number of fused-ring (bicyclic) bond motifs is 1. The third-order valence-electron chi connectivity index (χ3n) is 3.70. The van der Waals surface area contributed by atoms with E-state index in [9.17, 15) is 0 Å². The van der Waals surface area contributed by atoms with E-state index in [1.807, 2.05) is 12.3 Å². The Morgan fingerprint density at radius 1 is 1.33 bits per heavy atom. The van der Waals surface area contributed by atoms with E-state index in [0.29, 0.717) is 12.5 Å². The first kappa shape index (κ1) is 11.6. The van der Waals surface area contributed by atoms with E-state index in [0.717, 1.165) is 25.0 Å². The molecule has 0 aliphatic carbocycles. The van der Waals surface area contributed by atoms with Crippen LogP contribution in [0.25, 0.3) is 10.9 Å². The van der Waals surface area contributed by atoms with Crippen molar-refractivity contribution in [3.8, 4) is 0 Å². The Bertz CT molecular complexity index is 541. The van der Waals surface area contributed by atoms with Gasteiger partial charge in [-0.2, -0.15) is 0 Å².